The highest BCUT2D eigenvalue weighted by molar-refractivity contribution is 5.83. The lowest BCUT2D eigenvalue weighted by molar-refractivity contribution is 0.0377. The summed E-state index contributed by atoms with van der Waals surface area (Å²) in [6, 6.07) is 22.9. The summed E-state index contributed by atoms with van der Waals surface area (Å²) in [6.45, 7) is 5.64. The van der Waals surface area contributed by atoms with Crippen LogP contribution in [0.15, 0.2) is 85.5 Å². The zero-order chi connectivity index (χ0) is 26.3. The summed E-state index contributed by atoms with van der Waals surface area (Å²) in [4.78, 5) is 25.0. The van der Waals surface area contributed by atoms with Crippen LogP contribution in [0.3, 0.4) is 0 Å². The number of imidazole rings is 2. The minimum atomic E-state index is -0.535. The number of aromatic nitrogens is 4. The summed E-state index contributed by atoms with van der Waals surface area (Å²) in [6.07, 6.45) is 8.09. The van der Waals surface area contributed by atoms with Crippen LogP contribution in [0, 0.1) is 0 Å². The predicted molar refractivity (Wildman–Crippen MR) is 149 cm³/mol. The van der Waals surface area contributed by atoms with Crippen LogP contribution < -0.4 is 5.32 Å². The number of rotatable bonds is 5. The number of aromatic amines is 1. The molecule has 6 rings (SSSR count). The number of pyridine rings is 1. The third-order valence-corrected chi connectivity index (χ3v) is 7.13. The number of ether oxygens (including phenoxy) is 1. The number of nitrogens with zero attached hydrogens (tertiary/aromatic N) is 3. The third-order valence-electron chi connectivity index (χ3n) is 7.13. The van der Waals surface area contributed by atoms with Crippen molar-refractivity contribution in [3.05, 3.63) is 91.0 Å². The Kier molecular flexibility index (Phi) is 5.79. The fourth-order valence-electron chi connectivity index (χ4n) is 5.15. The van der Waals surface area contributed by atoms with Crippen molar-refractivity contribution in [1.29, 1.82) is 0 Å². The van der Waals surface area contributed by atoms with Gasteiger partial charge >= 0.3 is 6.09 Å². The molecule has 1 fully saturated rings. The Morgan fingerprint density at radius 1 is 0.974 bits per heavy atom. The van der Waals surface area contributed by atoms with Gasteiger partial charge in [0.15, 0.2) is 0 Å². The van der Waals surface area contributed by atoms with Crippen molar-refractivity contribution in [2.75, 3.05) is 0 Å². The Bertz CT molecular complexity index is 1580. The highest BCUT2D eigenvalue weighted by Crippen LogP contribution is 2.42. The monoisotopic (exact) mass is 505 g/mol. The van der Waals surface area contributed by atoms with Crippen molar-refractivity contribution in [2.24, 2.45) is 0 Å². The van der Waals surface area contributed by atoms with Crippen LogP contribution >= 0.6 is 0 Å². The molecule has 1 aliphatic rings. The molecule has 0 saturated heterocycles. The molecule has 3 aromatic heterocycles. The maximum atomic E-state index is 12.6. The molecule has 2 aromatic carbocycles. The van der Waals surface area contributed by atoms with Gasteiger partial charge in [-0.3, -0.25) is 4.40 Å². The number of amides is 1. The van der Waals surface area contributed by atoms with Crippen molar-refractivity contribution in [3.8, 4) is 33.8 Å². The largest absolute Gasteiger partial charge is 0.444 e. The first-order valence-corrected chi connectivity index (χ1v) is 13.0. The second kappa shape index (κ2) is 9.17. The van der Waals surface area contributed by atoms with Crippen molar-refractivity contribution >= 4 is 11.7 Å². The summed E-state index contributed by atoms with van der Waals surface area (Å²) in [5, 5.41) is 3.15. The number of hydrogen-bond donors (Lipinski definition) is 2. The zero-order valence-corrected chi connectivity index (χ0v) is 21.9. The predicted octanol–water partition coefficient (Wildman–Crippen LogP) is 6.96. The lowest BCUT2D eigenvalue weighted by Gasteiger charge is -2.43. The number of nitrogens with one attached hydrogen (secondary N) is 2. The molecule has 1 saturated carbocycles. The number of alkyl carbamates (subject to hydrolysis) is 1. The standard InChI is InChI=1S/C31H31N5O2/c1-30(2,3)38-29(37)35-31(16-7-17-31)24-13-10-21(11-14-24)27-28(22-8-5-4-6-9-22)36-19-23(12-15-26(36)34-27)25-18-32-20-33-25/h4-6,8-15,18-20H,7,16-17H2,1-3H3,(H,32,33)(H,35,37). The van der Waals surface area contributed by atoms with E-state index in [9.17, 15) is 4.79 Å². The minimum absolute atomic E-state index is 0.374. The molecule has 0 unspecified atom stereocenters. The molecule has 7 heteroatoms. The molecule has 0 radical (unpaired) electrons. The molecule has 0 bridgehead atoms. The quantitative estimate of drug-likeness (QED) is 0.270. The molecule has 0 spiro atoms. The van der Waals surface area contributed by atoms with E-state index in [-0.39, 0.29) is 11.6 Å². The summed E-state index contributed by atoms with van der Waals surface area (Å²) in [5.74, 6) is 0. The fourth-order valence-corrected chi connectivity index (χ4v) is 5.15. The molecule has 0 atom stereocenters. The highest BCUT2D eigenvalue weighted by atomic mass is 16.6. The van der Waals surface area contributed by atoms with Crippen LogP contribution in [-0.2, 0) is 10.3 Å². The number of hydrogen-bond acceptors (Lipinski definition) is 4. The van der Waals surface area contributed by atoms with Crippen LogP contribution in [-0.4, -0.2) is 31.0 Å². The van der Waals surface area contributed by atoms with Gasteiger partial charge in [-0.05, 0) is 57.7 Å². The van der Waals surface area contributed by atoms with Crippen molar-refractivity contribution in [3.63, 3.8) is 0 Å². The van der Waals surface area contributed by atoms with Crippen LogP contribution in [0.4, 0.5) is 4.79 Å². The van der Waals surface area contributed by atoms with E-state index in [1.807, 2.05) is 51.2 Å². The normalized spacial score (nSPS) is 14.7. The lowest BCUT2D eigenvalue weighted by atomic mass is 9.71. The van der Waals surface area contributed by atoms with Crippen LogP contribution in [0.1, 0.15) is 45.6 Å². The molecule has 7 nitrogen and oxygen atoms in total. The van der Waals surface area contributed by atoms with Crippen LogP contribution in [0.25, 0.3) is 39.4 Å². The van der Waals surface area contributed by atoms with Gasteiger partial charge in [-0.15, -0.1) is 0 Å². The van der Waals surface area contributed by atoms with E-state index in [2.05, 4.69) is 68.3 Å². The molecule has 5 aromatic rings. The van der Waals surface area contributed by atoms with E-state index >= 15 is 0 Å². The number of carbonyl (C=O) groups excluding carboxylic acids is 1. The van der Waals surface area contributed by atoms with E-state index in [1.54, 1.807) is 6.33 Å². The van der Waals surface area contributed by atoms with E-state index in [0.717, 1.165) is 64.2 Å². The summed E-state index contributed by atoms with van der Waals surface area (Å²) >= 11 is 0. The van der Waals surface area contributed by atoms with Crippen LogP contribution in [0.5, 0.6) is 0 Å². The van der Waals surface area contributed by atoms with Crippen molar-refractivity contribution in [2.45, 2.75) is 51.2 Å². The summed E-state index contributed by atoms with van der Waals surface area (Å²) < 4.78 is 7.69. The SMILES string of the molecule is CC(C)(C)OC(=O)NC1(c2ccc(-c3nc4ccc(-c5cnc[nH]5)cn4c3-c3ccccc3)cc2)CCC1. The third kappa shape index (κ3) is 4.45. The molecule has 2 N–H and O–H groups in total. The summed E-state index contributed by atoms with van der Waals surface area (Å²) in [7, 11) is 0. The second-order valence-corrected chi connectivity index (χ2v) is 10.9. The topological polar surface area (TPSA) is 84.3 Å². The van der Waals surface area contributed by atoms with E-state index < -0.39 is 5.60 Å². The first-order valence-electron chi connectivity index (χ1n) is 13.0. The van der Waals surface area contributed by atoms with Crippen molar-refractivity contribution < 1.29 is 9.53 Å². The number of H-pyrrole nitrogens is 1. The average molecular weight is 506 g/mol. The van der Waals surface area contributed by atoms with Gasteiger partial charge in [-0.2, -0.15) is 0 Å². The van der Waals surface area contributed by atoms with E-state index in [4.69, 9.17) is 9.72 Å². The number of carbonyl (C=O) groups is 1. The van der Waals surface area contributed by atoms with Gasteiger partial charge in [-0.1, -0.05) is 54.6 Å². The highest BCUT2D eigenvalue weighted by Gasteiger charge is 2.41. The fraction of sp³-hybridized carbons (Fsp3) is 0.258. The molecule has 3 heterocycles. The van der Waals surface area contributed by atoms with E-state index in [1.165, 1.54) is 0 Å². The maximum absolute atomic E-state index is 12.6. The Hall–Kier alpha value is -4.39. The first-order chi connectivity index (χ1) is 18.3. The van der Waals surface area contributed by atoms with Gasteiger partial charge in [0.25, 0.3) is 0 Å². The smallest absolute Gasteiger partial charge is 0.408 e. The van der Waals surface area contributed by atoms with Gasteiger partial charge in [0.2, 0.25) is 0 Å². The van der Waals surface area contributed by atoms with Gasteiger partial charge < -0.3 is 15.0 Å². The molecule has 0 aliphatic heterocycles. The minimum Gasteiger partial charge on any atom is -0.444 e. The number of fused-ring (bicyclic) bond motifs is 1. The van der Waals surface area contributed by atoms with E-state index in [0.29, 0.717) is 0 Å². The van der Waals surface area contributed by atoms with Gasteiger partial charge in [0, 0.05) is 22.9 Å². The Morgan fingerprint density at radius 2 is 1.71 bits per heavy atom. The lowest BCUT2D eigenvalue weighted by Crippen LogP contribution is -2.52. The van der Waals surface area contributed by atoms with Gasteiger partial charge in [0.1, 0.15) is 11.2 Å². The second-order valence-electron chi connectivity index (χ2n) is 10.9. The van der Waals surface area contributed by atoms with Gasteiger partial charge in [0.05, 0.1) is 35.1 Å². The number of benzene rings is 2. The van der Waals surface area contributed by atoms with Crippen molar-refractivity contribution in [1.82, 2.24) is 24.7 Å². The molecule has 192 valence electrons. The molecular formula is C31H31N5O2. The molecule has 1 aliphatic carbocycles. The maximum Gasteiger partial charge on any atom is 0.408 e. The average Bonchev–Trinajstić information content (AvgIpc) is 3.54. The summed E-state index contributed by atoms with van der Waals surface area (Å²) in [5.41, 5.74) is 7.06. The Morgan fingerprint density at radius 3 is 2.34 bits per heavy atom. The Balaban J connectivity index is 1.39. The van der Waals surface area contributed by atoms with Crippen LogP contribution in [0.2, 0.25) is 0 Å². The molecule has 38 heavy (non-hydrogen) atoms. The first kappa shape index (κ1) is 24.0. The Labute approximate surface area is 221 Å². The zero-order valence-electron chi connectivity index (χ0n) is 21.9. The van der Waals surface area contributed by atoms with Gasteiger partial charge in [-0.25, -0.2) is 14.8 Å². The molecular weight excluding hydrogens is 474 g/mol. The molecule has 1 amide bonds.